The summed E-state index contributed by atoms with van der Waals surface area (Å²) in [5.74, 6) is -0.0284. The third-order valence-corrected chi connectivity index (χ3v) is 4.23. The highest BCUT2D eigenvalue weighted by molar-refractivity contribution is 5.96. The van der Waals surface area contributed by atoms with Crippen molar-refractivity contribution in [2.45, 2.75) is 32.9 Å². The lowest BCUT2D eigenvalue weighted by atomic mass is 10.1. The normalized spacial score (nSPS) is 12.7. The Labute approximate surface area is 168 Å². The lowest BCUT2D eigenvalue weighted by molar-refractivity contribution is -0.0172. The predicted molar refractivity (Wildman–Crippen MR) is 106 cm³/mol. The van der Waals surface area contributed by atoms with Gasteiger partial charge in [0.25, 0.3) is 5.91 Å². The standard InChI is InChI=1S/C21H24FN3O4/c1-13(2)24-21(27)25-18-5-3-4-15(10-18)20(26)23-7-6-14-8-17(22)9-16-11-28-12-29-19(14)16/h3-5,8-10,13H,6-7,11-12H2,1-2H3,(H,23,26)(H2,24,25,27). The lowest BCUT2D eigenvalue weighted by Gasteiger charge is -2.21. The molecule has 0 spiro atoms. The summed E-state index contributed by atoms with van der Waals surface area (Å²) < 4.78 is 24.5. The van der Waals surface area contributed by atoms with Crippen molar-refractivity contribution in [2.75, 3.05) is 18.7 Å². The van der Waals surface area contributed by atoms with Gasteiger partial charge in [0.2, 0.25) is 0 Å². The van der Waals surface area contributed by atoms with Crippen molar-refractivity contribution in [1.82, 2.24) is 10.6 Å². The van der Waals surface area contributed by atoms with E-state index >= 15 is 0 Å². The topological polar surface area (TPSA) is 88.7 Å². The van der Waals surface area contributed by atoms with Crippen LogP contribution in [0.4, 0.5) is 14.9 Å². The predicted octanol–water partition coefficient (Wildman–Crippen LogP) is 3.19. The van der Waals surface area contributed by atoms with Gasteiger partial charge in [0.15, 0.2) is 6.79 Å². The number of benzene rings is 2. The Morgan fingerprint density at radius 3 is 2.83 bits per heavy atom. The minimum Gasteiger partial charge on any atom is -0.467 e. The van der Waals surface area contributed by atoms with Crippen LogP contribution in [-0.2, 0) is 17.8 Å². The highest BCUT2D eigenvalue weighted by Crippen LogP contribution is 2.29. The van der Waals surface area contributed by atoms with Gasteiger partial charge < -0.3 is 25.4 Å². The summed E-state index contributed by atoms with van der Waals surface area (Å²) in [6, 6.07) is 9.12. The number of anilines is 1. The van der Waals surface area contributed by atoms with Gasteiger partial charge in [0.05, 0.1) is 6.61 Å². The molecule has 1 aliphatic rings. The average molecular weight is 401 g/mol. The Morgan fingerprint density at radius 2 is 2.03 bits per heavy atom. The molecule has 0 aromatic heterocycles. The zero-order valence-corrected chi connectivity index (χ0v) is 16.4. The number of urea groups is 1. The smallest absolute Gasteiger partial charge is 0.319 e. The molecule has 0 atom stereocenters. The molecule has 1 heterocycles. The molecule has 2 aromatic rings. The number of carbonyl (C=O) groups excluding carboxylic acids is 2. The monoisotopic (exact) mass is 401 g/mol. The number of carbonyl (C=O) groups is 2. The van der Waals surface area contributed by atoms with E-state index in [4.69, 9.17) is 9.47 Å². The van der Waals surface area contributed by atoms with Crippen molar-refractivity contribution in [3.05, 3.63) is 58.9 Å². The molecule has 154 valence electrons. The number of hydrogen-bond acceptors (Lipinski definition) is 4. The summed E-state index contributed by atoms with van der Waals surface area (Å²) >= 11 is 0. The van der Waals surface area contributed by atoms with Crippen LogP contribution in [0, 0.1) is 5.82 Å². The number of halogens is 1. The highest BCUT2D eigenvalue weighted by atomic mass is 19.1. The molecule has 29 heavy (non-hydrogen) atoms. The van der Waals surface area contributed by atoms with Crippen LogP contribution in [0.3, 0.4) is 0 Å². The molecule has 1 aliphatic heterocycles. The van der Waals surface area contributed by atoms with Crippen LogP contribution >= 0.6 is 0 Å². The zero-order chi connectivity index (χ0) is 20.8. The zero-order valence-electron chi connectivity index (χ0n) is 16.4. The van der Waals surface area contributed by atoms with Crippen molar-refractivity contribution < 1.29 is 23.5 Å². The summed E-state index contributed by atoms with van der Waals surface area (Å²) in [5.41, 5.74) is 2.28. The van der Waals surface area contributed by atoms with Gasteiger partial charge in [-0.2, -0.15) is 0 Å². The third-order valence-electron chi connectivity index (χ3n) is 4.23. The largest absolute Gasteiger partial charge is 0.467 e. The number of amides is 3. The highest BCUT2D eigenvalue weighted by Gasteiger charge is 2.17. The Balaban J connectivity index is 1.58. The van der Waals surface area contributed by atoms with Crippen molar-refractivity contribution in [3.63, 3.8) is 0 Å². The van der Waals surface area contributed by atoms with Crippen molar-refractivity contribution in [2.24, 2.45) is 0 Å². The molecular formula is C21H24FN3O4. The fourth-order valence-electron chi connectivity index (χ4n) is 3.02. The molecule has 8 heteroatoms. The molecule has 3 amide bonds. The first-order valence-electron chi connectivity index (χ1n) is 9.40. The van der Waals surface area contributed by atoms with E-state index in [0.29, 0.717) is 47.7 Å². The molecule has 0 unspecified atom stereocenters. The van der Waals surface area contributed by atoms with Crippen LogP contribution in [-0.4, -0.2) is 31.3 Å². The van der Waals surface area contributed by atoms with Crippen LogP contribution in [0.25, 0.3) is 0 Å². The first kappa shape index (κ1) is 20.6. The van der Waals surface area contributed by atoms with Gasteiger partial charge in [-0.3, -0.25) is 4.79 Å². The number of ether oxygens (including phenoxy) is 2. The van der Waals surface area contributed by atoms with Gasteiger partial charge in [-0.25, -0.2) is 9.18 Å². The fourth-order valence-corrected chi connectivity index (χ4v) is 3.02. The lowest BCUT2D eigenvalue weighted by Crippen LogP contribution is -2.34. The minimum atomic E-state index is -0.363. The first-order chi connectivity index (χ1) is 13.9. The second-order valence-electron chi connectivity index (χ2n) is 7.00. The summed E-state index contributed by atoms with van der Waals surface area (Å²) in [4.78, 5) is 24.2. The van der Waals surface area contributed by atoms with Crippen LogP contribution in [0.1, 0.15) is 35.3 Å². The maximum absolute atomic E-state index is 13.8. The Morgan fingerprint density at radius 1 is 1.21 bits per heavy atom. The van der Waals surface area contributed by atoms with Gasteiger partial charge in [-0.1, -0.05) is 6.07 Å². The van der Waals surface area contributed by atoms with E-state index in [-0.39, 0.29) is 30.6 Å². The fraction of sp³-hybridized carbons (Fsp3) is 0.333. The second kappa shape index (κ2) is 9.38. The summed E-state index contributed by atoms with van der Waals surface area (Å²) in [6.07, 6.45) is 0.417. The van der Waals surface area contributed by atoms with Gasteiger partial charge in [-0.15, -0.1) is 0 Å². The van der Waals surface area contributed by atoms with Gasteiger partial charge in [0.1, 0.15) is 11.6 Å². The van der Waals surface area contributed by atoms with E-state index < -0.39 is 0 Å². The van der Waals surface area contributed by atoms with Gasteiger partial charge in [0, 0.05) is 29.4 Å². The molecule has 3 N–H and O–H groups in total. The number of nitrogens with one attached hydrogen (secondary N) is 3. The molecule has 0 radical (unpaired) electrons. The third kappa shape index (κ3) is 5.68. The molecule has 2 aromatic carbocycles. The molecule has 3 rings (SSSR count). The molecule has 7 nitrogen and oxygen atoms in total. The number of hydrogen-bond donors (Lipinski definition) is 3. The molecule has 0 fully saturated rings. The maximum atomic E-state index is 13.8. The van der Waals surface area contributed by atoms with Crippen LogP contribution in [0.5, 0.6) is 5.75 Å². The summed E-state index contributed by atoms with van der Waals surface area (Å²) in [5, 5.41) is 8.22. The van der Waals surface area contributed by atoms with Crippen molar-refractivity contribution in [1.29, 1.82) is 0 Å². The molecule has 0 saturated carbocycles. The maximum Gasteiger partial charge on any atom is 0.319 e. The quantitative estimate of drug-likeness (QED) is 0.694. The second-order valence-corrected chi connectivity index (χ2v) is 7.00. The van der Waals surface area contributed by atoms with Gasteiger partial charge >= 0.3 is 6.03 Å². The van der Waals surface area contributed by atoms with Crippen LogP contribution in [0.15, 0.2) is 36.4 Å². The van der Waals surface area contributed by atoms with Crippen LogP contribution < -0.4 is 20.7 Å². The Kier molecular flexibility index (Phi) is 6.66. The summed E-state index contributed by atoms with van der Waals surface area (Å²) in [7, 11) is 0. The molecule has 0 saturated heterocycles. The van der Waals surface area contributed by atoms with Gasteiger partial charge in [-0.05, 0) is 56.2 Å². The Hall–Kier alpha value is -3.13. The summed E-state index contributed by atoms with van der Waals surface area (Å²) in [6.45, 7) is 4.46. The van der Waals surface area contributed by atoms with Crippen LogP contribution in [0.2, 0.25) is 0 Å². The first-order valence-corrected chi connectivity index (χ1v) is 9.40. The number of rotatable bonds is 6. The molecular weight excluding hydrogens is 377 g/mol. The van der Waals surface area contributed by atoms with E-state index in [9.17, 15) is 14.0 Å². The van der Waals surface area contributed by atoms with Crippen molar-refractivity contribution >= 4 is 17.6 Å². The number of fused-ring (bicyclic) bond motifs is 1. The average Bonchev–Trinajstić information content (AvgIpc) is 2.67. The molecule has 0 aliphatic carbocycles. The van der Waals surface area contributed by atoms with E-state index in [0.717, 1.165) is 0 Å². The van der Waals surface area contributed by atoms with Crippen molar-refractivity contribution in [3.8, 4) is 5.75 Å². The minimum absolute atomic E-state index is 0.00518. The van der Waals surface area contributed by atoms with E-state index in [1.165, 1.54) is 12.1 Å². The van der Waals surface area contributed by atoms with E-state index in [2.05, 4.69) is 16.0 Å². The van der Waals surface area contributed by atoms with E-state index in [1.807, 2.05) is 13.8 Å². The SMILES string of the molecule is CC(C)NC(=O)Nc1cccc(C(=O)NCCc2cc(F)cc3c2OCOC3)c1. The Bertz CT molecular complexity index is 901. The molecule has 0 bridgehead atoms. The van der Waals surface area contributed by atoms with E-state index in [1.54, 1.807) is 24.3 Å².